The van der Waals surface area contributed by atoms with E-state index in [1.54, 1.807) is 38.2 Å². The van der Waals surface area contributed by atoms with Crippen LogP contribution in [0.5, 0.6) is 5.75 Å². The van der Waals surface area contributed by atoms with Gasteiger partial charge in [0.05, 0.1) is 6.04 Å². The molecule has 0 saturated heterocycles. The Bertz CT molecular complexity index is 1260. The smallest absolute Gasteiger partial charge is 0.243 e. The lowest BCUT2D eigenvalue weighted by Crippen LogP contribution is -2.56. The van der Waals surface area contributed by atoms with Crippen LogP contribution in [-0.4, -0.2) is 73.3 Å². The molecular formula is C30H38N6O4. The molecule has 0 unspecified atom stereocenters. The quantitative estimate of drug-likeness (QED) is 0.289. The van der Waals surface area contributed by atoms with E-state index < -0.39 is 24.0 Å². The predicted molar refractivity (Wildman–Crippen MR) is 154 cm³/mol. The number of nitrogens with two attached hydrogens (primary N) is 1. The molecule has 1 fully saturated rings. The molecule has 3 atom stereocenters. The Morgan fingerprint density at radius 1 is 1.10 bits per heavy atom. The number of benzene rings is 2. The van der Waals surface area contributed by atoms with Crippen LogP contribution in [0.3, 0.4) is 0 Å². The van der Waals surface area contributed by atoms with E-state index >= 15 is 0 Å². The van der Waals surface area contributed by atoms with E-state index in [0.29, 0.717) is 18.7 Å². The lowest BCUT2D eigenvalue weighted by Gasteiger charge is -2.30. The maximum atomic E-state index is 13.4. The number of hydrogen-bond donors (Lipinski definition) is 5. The largest absolute Gasteiger partial charge is 0.492 e. The minimum absolute atomic E-state index is 0.0473. The summed E-state index contributed by atoms with van der Waals surface area (Å²) in [5, 5.41) is 16.7. The summed E-state index contributed by atoms with van der Waals surface area (Å²) in [6.45, 7) is 2.81. The molecule has 2 aromatic carbocycles. The molecule has 2 aromatic rings. The van der Waals surface area contributed by atoms with E-state index in [1.807, 2.05) is 36.4 Å². The lowest BCUT2D eigenvalue weighted by atomic mass is 10.0. The zero-order valence-electron chi connectivity index (χ0n) is 23.0. The first kappa shape index (κ1) is 28.8. The first-order valence-electron chi connectivity index (χ1n) is 13.6. The van der Waals surface area contributed by atoms with Gasteiger partial charge in [0.2, 0.25) is 17.7 Å². The van der Waals surface area contributed by atoms with Crippen LogP contribution in [0.15, 0.2) is 54.6 Å². The van der Waals surface area contributed by atoms with Gasteiger partial charge in [-0.15, -0.1) is 0 Å². The van der Waals surface area contributed by atoms with Crippen molar-refractivity contribution in [3.63, 3.8) is 0 Å². The van der Waals surface area contributed by atoms with Gasteiger partial charge in [0.1, 0.15) is 30.3 Å². The average molecular weight is 547 g/mol. The van der Waals surface area contributed by atoms with Gasteiger partial charge in [0.15, 0.2) is 0 Å². The Morgan fingerprint density at radius 3 is 2.55 bits per heavy atom. The van der Waals surface area contributed by atoms with Crippen LogP contribution < -0.4 is 26.4 Å². The van der Waals surface area contributed by atoms with Crippen LogP contribution in [0.4, 0.5) is 0 Å². The highest BCUT2D eigenvalue weighted by atomic mass is 16.5. The Labute approximate surface area is 234 Å². The third-order valence-corrected chi connectivity index (χ3v) is 7.30. The number of amides is 3. The zero-order valence-corrected chi connectivity index (χ0v) is 23.0. The van der Waals surface area contributed by atoms with E-state index in [9.17, 15) is 14.4 Å². The number of nitrogens with zero attached hydrogens (tertiary/aromatic N) is 1. The van der Waals surface area contributed by atoms with Crippen molar-refractivity contribution in [2.75, 3.05) is 26.7 Å². The summed E-state index contributed by atoms with van der Waals surface area (Å²) < 4.78 is 5.89. The summed E-state index contributed by atoms with van der Waals surface area (Å²) in [6.07, 6.45) is 5.87. The van der Waals surface area contributed by atoms with Gasteiger partial charge < -0.3 is 31.3 Å². The standard InChI is InChI=1S/C30H38N6O4/c1-19-28(37)35-25(18-21-8-10-23(11-9-21)27(31)32)29(38)34-14-4-6-20-5-3-7-24(17-20)40-16-15-33-26(22-12-13-22)30(39)36(19)2/h3-11,17,19,22,25-26,33H,12-16,18H2,1-2H3,(H3,31,32)(H,34,38)(H,35,37)/b6-4-/t19-,25-,26+/m1/s1. The molecule has 0 spiro atoms. The summed E-state index contributed by atoms with van der Waals surface area (Å²) in [6, 6.07) is 12.6. The van der Waals surface area contributed by atoms with E-state index in [1.165, 1.54) is 4.90 Å². The second kappa shape index (κ2) is 13.3. The molecule has 1 saturated carbocycles. The zero-order chi connectivity index (χ0) is 28.6. The molecular weight excluding hydrogens is 508 g/mol. The topological polar surface area (TPSA) is 150 Å². The second-order valence-corrected chi connectivity index (χ2v) is 10.3. The number of carbonyl (C=O) groups excluding carboxylic acids is 3. The summed E-state index contributed by atoms with van der Waals surface area (Å²) in [5.41, 5.74) is 7.86. The molecule has 1 aliphatic carbocycles. The van der Waals surface area contributed by atoms with E-state index in [0.717, 1.165) is 29.7 Å². The van der Waals surface area contributed by atoms with Crippen LogP contribution in [0.2, 0.25) is 0 Å². The molecule has 2 bridgehead atoms. The monoisotopic (exact) mass is 546 g/mol. The van der Waals surface area contributed by atoms with Crippen molar-refractivity contribution in [1.29, 1.82) is 5.41 Å². The maximum absolute atomic E-state index is 13.4. The third kappa shape index (κ3) is 7.69. The summed E-state index contributed by atoms with van der Waals surface area (Å²) in [4.78, 5) is 41.4. The molecule has 10 heteroatoms. The number of nitrogen functional groups attached to an aromatic ring is 1. The first-order valence-corrected chi connectivity index (χ1v) is 13.6. The van der Waals surface area contributed by atoms with Crippen LogP contribution in [0.1, 0.15) is 36.5 Å². The molecule has 6 N–H and O–H groups in total. The molecule has 0 aromatic heterocycles. The fraction of sp³-hybridized carbons (Fsp3) is 0.400. The fourth-order valence-electron chi connectivity index (χ4n) is 4.60. The third-order valence-electron chi connectivity index (χ3n) is 7.30. The molecule has 10 nitrogen and oxygen atoms in total. The predicted octanol–water partition coefficient (Wildman–Crippen LogP) is 1.44. The van der Waals surface area contributed by atoms with Crippen LogP contribution in [0.25, 0.3) is 6.08 Å². The highest BCUT2D eigenvalue weighted by Crippen LogP contribution is 2.33. The number of rotatable bonds is 4. The fourth-order valence-corrected chi connectivity index (χ4v) is 4.60. The average Bonchev–Trinajstić information content (AvgIpc) is 3.79. The number of likely N-dealkylation sites (N-methyl/N-ethyl adjacent to an activating group) is 1. The lowest BCUT2D eigenvalue weighted by molar-refractivity contribution is -0.141. The minimum Gasteiger partial charge on any atom is -0.492 e. The van der Waals surface area contributed by atoms with E-state index in [4.69, 9.17) is 15.9 Å². The van der Waals surface area contributed by atoms with Gasteiger partial charge in [0.25, 0.3) is 0 Å². The molecule has 2 aliphatic rings. The molecule has 3 amide bonds. The maximum Gasteiger partial charge on any atom is 0.243 e. The number of fused-ring (bicyclic) bond motifs is 2. The van der Waals surface area contributed by atoms with E-state index in [-0.39, 0.29) is 36.5 Å². The number of nitrogens with one attached hydrogen (secondary N) is 4. The Hall–Kier alpha value is -4.18. The highest BCUT2D eigenvalue weighted by molar-refractivity contribution is 5.95. The van der Waals surface area contributed by atoms with Crippen molar-refractivity contribution in [3.05, 3.63) is 71.3 Å². The Kier molecular flexibility index (Phi) is 9.55. The van der Waals surface area contributed by atoms with Crippen LogP contribution >= 0.6 is 0 Å². The molecule has 1 heterocycles. The SMILES string of the molecule is C[C@@H]1C(=O)N[C@H](Cc2ccc(C(=N)N)cc2)C(=O)NC/C=C\c2cccc(c2)OCCN[C@@H](C2CC2)C(=O)N1C. The summed E-state index contributed by atoms with van der Waals surface area (Å²) >= 11 is 0. The number of hydrogen-bond acceptors (Lipinski definition) is 6. The number of amidine groups is 1. The number of carbonyl (C=O) groups is 3. The normalized spacial score (nSPS) is 24.0. The summed E-state index contributed by atoms with van der Waals surface area (Å²) in [7, 11) is 1.62. The Balaban J connectivity index is 1.56. The molecule has 0 radical (unpaired) electrons. The van der Waals surface area contributed by atoms with Crippen LogP contribution in [0, 0.1) is 11.3 Å². The van der Waals surface area contributed by atoms with Crippen molar-refractivity contribution in [2.24, 2.45) is 11.7 Å². The molecule has 212 valence electrons. The summed E-state index contributed by atoms with van der Waals surface area (Å²) in [5.74, 6) is -0.0223. The van der Waals surface area contributed by atoms with Gasteiger partial charge in [-0.05, 0) is 48.9 Å². The van der Waals surface area contributed by atoms with Crippen molar-refractivity contribution >= 4 is 29.6 Å². The molecule has 40 heavy (non-hydrogen) atoms. The highest BCUT2D eigenvalue weighted by Gasteiger charge is 2.39. The van der Waals surface area contributed by atoms with E-state index in [2.05, 4.69) is 16.0 Å². The van der Waals surface area contributed by atoms with Gasteiger partial charge in [-0.25, -0.2) is 0 Å². The van der Waals surface area contributed by atoms with Gasteiger partial charge in [-0.2, -0.15) is 0 Å². The van der Waals surface area contributed by atoms with Crippen molar-refractivity contribution in [3.8, 4) is 5.75 Å². The second-order valence-electron chi connectivity index (χ2n) is 10.3. The molecule has 1 aliphatic heterocycles. The van der Waals surface area contributed by atoms with Gasteiger partial charge >= 0.3 is 0 Å². The van der Waals surface area contributed by atoms with Crippen molar-refractivity contribution in [1.82, 2.24) is 20.9 Å². The van der Waals surface area contributed by atoms with Gasteiger partial charge in [-0.1, -0.05) is 48.6 Å². The molecule has 4 rings (SSSR count). The number of ether oxygens (including phenoxy) is 1. The first-order chi connectivity index (χ1) is 19.2. The minimum atomic E-state index is -0.869. The van der Waals surface area contributed by atoms with Crippen molar-refractivity contribution in [2.45, 2.75) is 44.3 Å². The van der Waals surface area contributed by atoms with Gasteiger partial charge in [-0.3, -0.25) is 19.8 Å². The Morgan fingerprint density at radius 2 is 1.85 bits per heavy atom. The van der Waals surface area contributed by atoms with Gasteiger partial charge in [0, 0.05) is 32.1 Å². The van der Waals surface area contributed by atoms with Crippen molar-refractivity contribution < 1.29 is 19.1 Å². The van der Waals surface area contributed by atoms with Crippen LogP contribution in [-0.2, 0) is 20.8 Å².